The minimum atomic E-state index is -3.72. The summed E-state index contributed by atoms with van der Waals surface area (Å²) in [6.45, 7) is 5.09. The van der Waals surface area contributed by atoms with Crippen LogP contribution in [0.2, 0.25) is 0 Å². The Bertz CT molecular complexity index is 682. The Morgan fingerprint density at radius 2 is 1.96 bits per heavy atom. The van der Waals surface area contributed by atoms with Gasteiger partial charge in [-0.05, 0) is 38.5 Å². The number of carbonyl (C=O) groups excluding carboxylic acids is 2. The number of carbonyl (C=O) groups is 2. The Balaban J connectivity index is 3.06. The largest absolute Gasteiger partial charge is 0.496 e. The number of methoxy groups -OCH3 is 1. The molecule has 0 bridgehead atoms. The molecule has 1 atom stereocenters. The van der Waals surface area contributed by atoms with E-state index in [1.807, 2.05) is 6.92 Å². The van der Waals surface area contributed by atoms with E-state index in [0.717, 1.165) is 6.42 Å². The monoisotopic (exact) mass is 341 g/mol. The van der Waals surface area contributed by atoms with E-state index in [0.29, 0.717) is 23.4 Å². The molecule has 1 amide bonds. The van der Waals surface area contributed by atoms with Crippen LogP contribution in [-0.2, 0) is 20.4 Å². The van der Waals surface area contributed by atoms with Crippen molar-refractivity contribution in [2.45, 2.75) is 38.2 Å². The van der Waals surface area contributed by atoms with E-state index in [2.05, 4.69) is 5.32 Å². The molecule has 0 aromatic heterocycles. The van der Waals surface area contributed by atoms with Gasteiger partial charge in [0.1, 0.15) is 11.0 Å². The third kappa shape index (κ3) is 5.06. The fourth-order valence-electron chi connectivity index (χ4n) is 2.01. The van der Waals surface area contributed by atoms with Crippen LogP contribution >= 0.6 is 0 Å². The van der Waals surface area contributed by atoms with Crippen LogP contribution in [0.15, 0.2) is 18.2 Å². The number of rotatable bonds is 8. The summed E-state index contributed by atoms with van der Waals surface area (Å²) in [7, 11) is -2.29. The molecule has 1 N–H and O–H groups in total. The van der Waals surface area contributed by atoms with Crippen molar-refractivity contribution in [2.75, 3.05) is 13.7 Å². The quantitative estimate of drug-likeness (QED) is 0.727. The number of sulfone groups is 1. The molecule has 1 aromatic rings. The van der Waals surface area contributed by atoms with Gasteiger partial charge in [-0.25, -0.2) is 8.42 Å². The van der Waals surface area contributed by atoms with Gasteiger partial charge >= 0.3 is 0 Å². The average molecular weight is 341 g/mol. The number of Topliss-reactive ketones (excluding diaryl/α,β-unsaturated/α-hetero) is 1. The highest BCUT2D eigenvalue weighted by Gasteiger charge is 2.29. The van der Waals surface area contributed by atoms with Gasteiger partial charge in [-0.2, -0.15) is 0 Å². The number of hydrogen-bond acceptors (Lipinski definition) is 5. The van der Waals surface area contributed by atoms with Gasteiger partial charge in [0, 0.05) is 17.7 Å². The van der Waals surface area contributed by atoms with Crippen LogP contribution < -0.4 is 10.1 Å². The first kappa shape index (κ1) is 19.2. The summed E-state index contributed by atoms with van der Waals surface area (Å²) in [6.07, 6.45) is 0.729. The first-order chi connectivity index (χ1) is 10.7. The zero-order chi connectivity index (χ0) is 17.6. The number of hydrogen-bond donors (Lipinski definition) is 1. The average Bonchev–Trinajstić information content (AvgIpc) is 2.51. The number of nitrogens with one attached hydrogen (secondary N) is 1. The number of ketones is 1. The number of benzene rings is 1. The van der Waals surface area contributed by atoms with Crippen molar-refractivity contribution in [2.24, 2.45) is 0 Å². The second-order valence-electron chi connectivity index (χ2n) is 5.32. The lowest BCUT2D eigenvalue weighted by Gasteiger charge is -2.15. The summed E-state index contributed by atoms with van der Waals surface area (Å²) in [6, 6.07) is 4.63. The maximum absolute atomic E-state index is 12.5. The van der Waals surface area contributed by atoms with Crippen molar-refractivity contribution in [3.8, 4) is 5.75 Å². The summed E-state index contributed by atoms with van der Waals surface area (Å²) in [5.41, 5.74) is 0.773. The van der Waals surface area contributed by atoms with Crippen LogP contribution in [0.4, 0.5) is 0 Å². The summed E-state index contributed by atoms with van der Waals surface area (Å²) in [5, 5.41) is 1.41. The maximum atomic E-state index is 12.5. The summed E-state index contributed by atoms with van der Waals surface area (Å²) >= 11 is 0. The molecule has 23 heavy (non-hydrogen) atoms. The van der Waals surface area contributed by atoms with Crippen LogP contribution in [0.25, 0.3) is 0 Å². The second-order valence-corrected chi connectivity index (χ2v) is 7.64. The van der Waals surface area contributed by atoms with Crippen molar-refractivity contribution in [3.63, 3.8) is 0 Å². The van der Waals surface area contributed by atoms with Crippen LogP contribution in [0.3, 0.4) is 0 Å². The molecule has 0 saturated heterocycles. The fraction of sp³-hybridized carbons (Fsp3) is 0.500. The SMILES string of the molecule is CCCNC(=O)C(C)S(=O)(=O)Cc1cc(C(C)=O)ccc1OC. The van der Waals surface area contributed by atoms with Crippen molar-refractivity contribution in [1.29, 1.82) is 0 Å². The van der Waals surface area contributed by atoms with Crippen molar-refractivity contribution >= 4 is 21.5 Å². The topological polar surface area (TPSA) is 89.5 Å². The van der Waals surface area contributed by atoms with Crippen LogP contribution in [0, 0.1) is 0 Å². The molecule has 128 valence electrons. The van der Waals surface area contributed by atoms with Gasteiger partial charge in [0.25, 0.3) is 0 Å². The first-order valence-electron chi connectivity index (χ1n) is 7.40. The smallest absolute Gasteiger partial charge is 0.238 e. The molecule has 6 nitrogen and oxygen atoms in total. The molecule has 0 aliphatic rings. The Labute approximate surface area is 137 Å². The van der Waals surface area contributed by atoms with Gasteiger partial charge < -0.3 is 10.1 Å². The molecule has 7 heteroatoms. The molecular weight excluding hydrogens is 318 g/mol. The van der Waals surface area contributed by atoms with Crippen LogP contribution in [0.1, 0.15) is 43.1 Å². The molecule has 0 aliphatic heterocycles. The van der Waals surface area contributed by atoms with Crippen LogP contribution in [0.5, 0.6) is 5.75 Å². The van der Waals surface area contributed by atoms with E-state index < -0.39 is 21.0 Å². The Hall–Kier alpha value is -1.89. The van der Waals surface area contributed by atoms with E-state index in [-0.39, 0.29) is 11.5 Å². The Morgan fingerprint density at radius 3 is 2.48 bits per heavy atom. The molecule has 0 aliphatic carbocycles. The lowest BCUT2D eigenvalue weighted by molar-refractivity contribution is -0.120. The summed E-state index contributed by atoms with van der Waals surface area (Å²) < 4.78 is 30.1. The molecule has 0 spiro atoms. The van der Waals surface area contributed by atoms with Gasteiger partial charge in [0.2, 0.25) is 5.91 Å². The lowest BCUT2D eigenvalue weighted by Crippen LogP contribution is -2.38. The predicted molar refractivity (Wildman–Crippen MR) is 88.4 cm³/mol. The summed E-state index contributed by atoms with van der Waals surface area (Å²) in [4.78, 5) is 23.4. The highest BCUT2D eigenvalue weighted by Crippen LogP contribution is 2.24. The Morgan fingerprint density at radius 1 is 1.30 bits per heavy atom. The molecule has 0 fully saturated rings. The fourth-order valence-corrected chi connectivity index (χ4v) is 3.33. The van der Waals surface area contributed by atoms with Gasteiger partial charge in [0.15, 0.2) is 15.6 Å². The third-order valence-electron chi connectivity index (χ3n) is 3.50. The minimum Gasteiger partial charge on any atom is -0.496 e. The third-order valence-corrected chi connectivity index (χ3v) is 5.51. The second kappa shape index (κ2) is 8.10. The number of ether oxygens (including phenoxy) is 1. The van der Waals surface area contributed by atoms with Gasteiger partial charge in [-0.3, -0.25) is 9.59 Å². The zero-order valence-electron chi connectivity index (χ0n) is 13.9. The maximum Gasteiger partial charge on any atom is 0.238 e. The van der Waals surface area contributed by atoms with E-state index in [1.165, 1.54) is 27.0 Å². The predicted octanol–water partition coefficient (Wildman–Crippen LogP) is 1.73. The highest BCUT2D eigenvalue weighted by molar-refractivity contribution is 7.92. The molecular formula is C16H23NO5S. The number of amides is 1. The normalized spacial score (nSPS) is 12.5. The van der Waals surface area contributed by atoms with Crippen molar-refractivity contribution in [3.05, 3.63) is 29.3 Å². The van der Waals surface area contributed by atoms with E-state index >= 15 is 0 Å². The molecule has 1 aromatic carbocycles. The van der Waals surface area contributed by atoms with Crippen molar-refractivity contribution in [1.82, 2.24) is 5.32 Å². The molecule has 0 radical (unpaired) electrons. The van der Waals surface area contributed by atoms with E-state index in [9.17, 15) is 18.0 Å². The lowest BCUT2D eigenvalue weighted by atomic mass is 10.1. The molecule has 1 rings (SSSR count). The Kier molecular flexibility index (Phi) is 6.75. The van der Waals surface area contributed by atoms with E-state index in [1.54, 1.807) is 12.1 Å². The minimum absolute atomic E-state index is 0.167. The van der Waals surface area contributed by atoms with Gasteiger partial charge in [-0.15, -0.1) is 0 Å². The highest BCUT2D eigenvalue weighted by atomic mass is 32.2. The standard InChI is InChI=1S/C16H23NO5S/c1-5-8-17-16(19)12(3)23(20,21)10-14-9-13(11(2)18)6-7-15(14)22-4/h6-7,9,12H,5,8,10H2,1-4H3,(H,17,19). The molecule has 1 unspecified atom stereocenters. The van der Waals surface area contributed by atoms with E-state index in [4.69, 9.17) is 4.74 Å². The van der Waals surface area contributed by atoms with Crippen molar-refractivity contribution < 1.29 is 22.7 Å². The first-order valence-corrected chi connectivity index (χ1v) is 9.11. The summed E-state index contributed by atoms with van der Waals surface area (Å²) in [5.74, 6) is -0.675. The van der Waals surface area contributed by atoms with Gasteiger partial charge in [0.05, 0.1) is 12.9 Å². The van der Waals surface area contributed by atoms with Crippen LogP contribution in [-0.4, -0.2) is 39.0 Å². The molecule has 0 saturated carbocycles. The molecule has 0 heterocycles. The van der Waals surface area contributed by atoms with Gasteiger partial charge in [-0.1, -0.05) is 6.92 Å². The zero-order valence-corrected chi connectivity index (χ0v) is 14.7.